The number of hydrazine groups is 1. The predicted molar refractivity (Wildman–Crippen MR) is 113 cm³/mol. The number of ether oxygens (including phenoxy) is 1. The first-order chi connectivity index (χ1) is 13.5. The quantitative estimate of drug-likeness (QED) is 0.698. The highest BCUT2D eigenvalue weighted by atomic mass is 32.2. The molecule has 1 saturated heterocycles. The van der Waals surface area contributed by atoms with Gasteiger partial charge in [-0.1, -0.05) is 41.7 Å². The SMILES string of the molecule is Cc1nc(N2CCOCC2)sc1C(=O)NNC(=O)[C@H](C)SCc1ccccc1. The summed E-state index contributed by atoms with van der Waals surface area (Å²) < 4.78 is 5.35. The number of nitrogens with zero attached hydrogens (tertiary/aromatic N) is 2. The van der Waals surface area contributed by atoms with Gasteiger partial charge in [0, 0.05) is 18.8 Å². The number of benzene rings is 1. The Balaban J connectivity index is 1.49. The maximum absolute atomic E-state index is 12.5. The van der Waals surface area contributed by atoms with Gasteiger partial charge in [0.15, 0.2) is 5.13 Å². The fraction of sp³-hybridized carbons (Fsp3) is 0.421. The zero-order chi connectivity index (χ0) is 19.9. The number of thioether (sulfide) groups is 1. The van der Waals surface area contributed by atoms with Gasteiger partial charge in [0.2, 0.25) is 0 Å². The van der Waals surface area contributed by atoms with E-state index in [4.69, 9.17) is 4.74 Å². The van der Waals surface area contributed by atoms with Crippen LogP contribution in [0.15, 0.2) is 30.3 Å². The summed E-state index contributed by atoms with van der Waals surface area (Å²) in [5.41, 5.74) is 6.85. The lowest BCUT2D eigenvalue weighted by Gasteiger charge is -2.25. The number of amides is 2. The van der Waals surface area contributed by atoms with Crippen LogP contribution in [0.3, 0.4) is 0 Å². The molecule has 1 aromatic carbocycles. The van der Waals surface area contributed by atoms with Crippen molar-refractivity contribution in [2.24, 2.45) is 0 Å². The van der Waals surface area contributed by atoms with E-state index in [1.165, 1.54) is 23.1 Å². The third-order valence-corrected chi connectivity index (χ3v) is 6.72. The Morgan fingerprint density at radius 1 is 1.25 bits per heavy atom. The number of hydrogen-bond donors (Lipinski definition) is 2. The predicted octanol–water partition coefficient (Wildman–Crippen LogP) is 2.37. The van der Waals surface area contributed by atoms with Crippen molar-refractivity contribution in [3.8, 4) is 0 Å². The van der Waals surface area contributed by atoms with Gasteiger partial charge in [-0.05, 0) is 19.4 Å². The smallest absolute Gasteiger partial charge is 0.281 e. The molecule has 0 unspecified atom stereocenters. The average Bonchev–Trinajstić information content (AvgIpc) is 3.13. The molecule has 150 valence electrons. The molecule has 0 radical (unpaired) electrons. The van der Waals surface area contributed by atoms with E-state index in [1.807, 2.05) is 37.3 Å². The van der Waals surface area contributed by atoms with Gasteiger partial charge >= 0.3 is 0 Å². The third-order valence-electron chi connectivity index (χ3n) is 4.28. The standard InChI is InChI=1S/C19H24N4O3S2/c1-13-16(28-19(20-13)23-8-10-26-11-9-23)18(25)22-21-17(24)14(2)27-12-15-6-4-3-5-7-15/h3-7,14H,8-12H2,1-2H3,(H,21,24)(H,22,25)/t14-/m0/s1. The number of carbonyl (C=O) groups excluding carboxylic acids is 2. The molecule has 0 saturated carbocycles. The number of aromatic nitrogens is 1. The highest BCUT2D eigenvalue weighted by Crippen LogP contribution is 2.26. The molecule has 1 aromatic heterocycles. The first-order valence-electron chi connectivity index (χ1n) is 9.10. The van der Waals surface area contributed by atoms with E-state index < -0.39 is 0 Å². The number of carbonyl (C=O) groups is 2. The summed E-state index contributed by atoms with van der Waals surface area (Å²) in [6, 6.07) is 9.97. The Bertz CT molecular complexity index is 807. The molecule has 2 heterocycles. The van der Waals surface area contributed by atoms with Crippen molar-refractivity contribution in [1.82, 2.24) is 15.8 Å². The van der Waals surface area contributed by atoms with E-state index in [0.717, 1.165) is 29.5 Å². The molecule has 2 aromatic rings. The van der Waals surface area contributed by atoms with Gasteiger partial charge in [-0.15, -0.1) is 11.8 Å². The first-order valence-corrected chi connectivity index (χ1v) is 11.0. The Labute approximate surface area is 172 Å². The van der Waals surface area contributed by atoms with E-state index in [1.54, 1.807) is 6.92 Å². The molecule has 2 N–H and O–H groups in total. The second-order valence-corrected chi connectivity index (χ2v) is 8.70. The van der Waals surface area contributed by atoms with Gasteiger partial charge in [0.1, 0.15) is 4.88 Å². The molecule has 28 heavy (non-hydrogen) atoms. The summed E-state index contributed by atoms with van der Waals surface area (Å²) in [6.45, 7) is 6.48. The van der Waals surface area contributed by atoms with E-state index in [0.29, 0.717) is 23.8 Å². The summed E-state index contributed by atoms with van der Waals surface area (Å²) in [6.07, 6.45) is 0. The molecule has 7 nitrogen and oxygen atoms in total. The van der Waals surface area contributed by atoms with Crippen molar-refractivity contribution < 1.29 is 14.3 Å². The molecule has 0 spiro atoms. The maximum Gasteiger partial charge on any atom is 0.281 e. The van der Waals surface area contributed by atoms with Crippen LogP contribution in [0.5, 0.6) is 0 Å². The van der Waals surface area contributed by atoms with Crippen LogP contribution in [0.1, 0.15) is 27.9 Å². The van der Waals surface area contributed by atoms with Gasteiger partial charge in [-0.3, -0.25) is 20.4 Å². The van der Waals surface area contributed by atoms with Crippen molar-refractivity contribution in [2.75, 3.05) is 31.2 Å². The van der Waals surface area contributed by atoms with Gasteiger partial charge in [0.05, 0.1) is 24.2 Å². The zero-order valence-electron chi connectivity index (χ0n) is 15.9. The molecule has 2 amide bonds. The zero-order valence-corrected chi connectivity index (χ0v) is 17.6. The summed E-state index contributed by atoms with van der Waals surface area (Å²) in [5, 5.41) is 0.524. The van der Waals surface area contributed by atoms with Gasteiger partial charge in [-0.25, -0.2) is 4.98 Å². The van der Waals surface area contributed by atoms with Crippen LogP contribution >= 0.6 is 23.1 Å². The summed E-state index contributed by atoms with van der Waals surface area (Å²) in [7, 11) is 0. The van der Waals surface area contributed by atoms with Crippen LogP contribution in [0, 0.1) is 6.92 Å². The van der Waals surface area contributed by atoms with Crippen molar-refractivity contribution >= 4 is 40.0 Å². The lowest BCUT2D eigenvalue weighted by molar-refractivity contribution is -0.121. The number of morpholine rings is 1. The Morgan fingerprint density at radius 2 is 1.96 bits per heavy atom. The fourth-order valence-electron chi connectivity index (χ4n) is 2.63. The van der Waals surface area contributed by atoms with E-state index >= 15 is 0 Å². The topological polar surface area (TPSA) is 83.6 Å². The van der Waals surface area contributed by atoms with Crippen molar-refractivity contribution in [2.45, 2.75) is 24.9 Å². The molecule has 1 atom stereocenters. The number of anilines is 1. The van der Waals surface area contributed by atoms with Crippen LogP contribution in [0.25, 0.3) is 0 Å². The highest BCUT2D eigenvalue weighted by Gasteiger charge is 2.21. The number of thiazole rings is 1. The monoisotopic (exact) mass is 420 g/mol. The highest BCUT2D eigenvalue weighted by molar-refractivity contribution is 7.99. The van der Waals surface area contributed by atoms with Crippen molar-refractivity contribution in [3.05, 3.63) is 46.5 Å². The number of rotatable bonds is 6. The minimum atomic E-state index is -0.344. The van der Waals surface area contributed by atoms with Gasteiger partial charge in [0.25, 0.3) is 11.8 Å². The third kappa shape index (κ3) is 5.46. The van der Waals surface area contributed by atoms with Crippen molar-refractivity contribution in [3.63, 3.8) is 0 Å². The summed E-state index contributed by atoms with van der Waals surface area (Å²) in [4.78, 5) is 31.8. The molecule has 0 aliphatic carbocycles. The summed E-state index contributed by atoms with van der Waals surface area (Å²) in [5.74, 6) is 0.160. The minimum Gasteiger partial charge on any atom is -0.378 e. The summed E-state index contributed by atoms with van der Waals surface area (Å²) >= 11 is 2.85. The second kappa shape index (κ2) is 9.90. The maximum atomic E-state index is 12.5. The normalized spacial score (nSPS) is 15.1. The Hall–Kier alpha value is -2.10. The molecule has 9 heteroatoms. The van der Waals surface area contributed by atoms with Crippen LogP contribution in [-0.4, -0.2) is 48.4 Å². The molecular weight excluding hydrogens is 396 g/mol. The molecule has 1 fully saturated rings. The molecule has 0 bridgehead atoms. The van der Waals surface area contributed by atoms with Crippen LogP contribution in [0.2, 0.25) is 0 Å². The van der Waals surface area contributed by atoms with Crippen LogP contribution in [-0.2, 0) is 15.3 Å². The molecule has 1 aliphatic heterocycles. The van der Waals surface area contributed by atoms with Crippen molar-refractivity contribution in [1.29, 1.82) is 0 Å². The molecule has 3 rings (SSSR count). The molecular formula is C19H24N4O3S2. The molecule has 1 aliphatic rings. The van der Waals surface area contributed by atoms with Gasteiger partial charge in [-0.2, -0.15) is 0 Å². The number of hydrogen-bond acceptors (Lipinski definition) is 7. The minimum absolute atomic E-state index is 0.232. The Kier molecular flexibility index (Phi) is 7.30. The van der Waals surface area contributed by atoms with E-state index in [9.17, 15) is 9.59 Å². The van der Waals surface area contributed by atoms with Crippen LogP contribution < -0.4 is 15.8 Å². The average molecular weight is 421 g/mol. The van der Waals surface area contributed by atoms with E-state index in [2.05, 4.69) is 20.7 Å². The first kappa shape index (κ1) is 20.6. The fourth-order valence-corrected chi connectivity index (χ4v) is 4.49. The number of aryl methyl sites for hydroxylation is 1. The number of nitrogens with one attached hydrogen (secondary N) is 2. The lowest BCUT2D eigenvalue weighted by Crippen LogP contribution is -2.44. The largest absolute Gasteiger partial charge is 0.378 e. The second-order valence-electron chi connectivity index (χ2n) is 6.39. The van der Waals surface area contributed by atoms with E-state index in [-0.39, 0.29) is 17.1 Å². The van der Waals surface area contributed by atoms with Gasteiger partial charge < -0.3 is 9.64 Å². The Morgan fingerprint density at radius 3 is 2.68 bits per heavy atom. The lowest BCUT2D eigenvalue weighted by atomic mass is 10.2. The van der Waals surface area contributed by atoms with Crippen LogP contribution in [0.4, 0.5) is 5.13 Å².